The molecule has 218 valence electrons. The highest BCUT2D eigenvalue weighted by Crippen LogP contribution is 2.36. The largest absolute Gasteiger partial charge is 0.479 e. The van der Waals surface area contributed by atoms with Crippen LogP contribution in [0.4, 0.5) is 0 Å². The number of aliphatic hydroxyl groups excluding tert-OH is 7. The minimum atomic E-state index is -1.49. The van der Waals surface area contributed by atoms with Crippen LogP contribution >= 0.6 is 0 Å². The first-order chi connectivity index (χ1) is 18.0. The topological polar surface area (TPSA) is 245 Å². The number of nitrogens with zero attached hydrogens (tertiary/aromatic N) is 1. The molecule has 16 heteroatoms. The molecule has 38 heavy (non-hydrogen) atoms. The molecule has 4 aliphatic heterocycles. The SMILES string of the molecule is CO[C@@H]1O[C@@H](CO)[C@@H](O[C@@H]2OC(CO)[C@@H](C)[C@H](O)C2O)C(O)C1O.O=C(O)[C@H]1/C(=C/CO)O[C@@H]2CC(=O)N21. The number of amides is 1. The summed E-state index contributed by atoms with van der Waals surface area (Å²) >= 11 is 0. The highest BCUT2D eigenvalue weighted by Gasteiger charge is 2.54. The van der Waals surface area contributed by atoms with Crippen molar-refractivity contribution in [3.63, 3.8) is 0 Å². The van der Waals surface area contributed by atoms with Gasteiger partial charge < -0.3 is 64.5 Å². The molecule has 0 bridgehead atoms. The van der Waals surface area contributed by atoms with Gasteiger partial charge in [0.1, 0.15) is 36.3 Å². The summed E-state index contributed by atoms with van der Waals surface area (Å²) in [4.78, 5) is 23.1. The Morgan fingerprint density at radius 2 is 1.61 bits per heavy atom. The molecule has 4 fully saturated rings. The molecule has 0 aromatic heterocycles. The number of carbonyl (C=O) groups excluding carboxylic acids is 1. The average Bonchev–Trinajstić information content (AvgIpc) is 3.19. The van der Waals surface area contributed by atoms with E-state index in [0.717, 1.165) is 0 Å². The molecule has 4 saturated heterocycles. The zero-order chi connectivity index (χ0) is 28.3. The van der Waals surface area contributed by atoms with Crippen LogP contribution in [0.15, 0.2) is 11.8 Å². The summed E-state index contributed by atoms with van der Waals surface area (Å²) in [5.41, 5.74) is 0. The molecule has 4 unspecified atom stereocenters. The molecule has 4 heterocycles. The number of aliphatic carboxylic acids is 1. The van der Waals surface area contributed by atoms with E-state index in [1.807, 2.05) is 0 Å². The third kappa shape index (κ3) is 5.95. The van der Waals surface area contributed by atoms with Crippen LogP contribution in [0.2, 0.25) is 0 Å². The van der Waals surface area contributed by atoms with Gasteiger partial charge >= 0.3 is 5.97 Å². The van der Waals surface area contributed by atoms with Crippen LogP contribution in [-0.4, -0.2) is 152 Å². The van der Waals surface area contributed by atoms with Gasteiger partial charge in [-0.1, -0.05) is 6.92 Å². The lowest BCUT2D eigenvalue weighted by molar-refractivity contribution is -0.353. The van der Waals surface area contributed by atoms with Crippen molar-refractivity contribution in [3.05, 3.63) is 11.8 Å². The number of carboxylic acid groups (broad SMARTS) is 1. The third-order valence-electron chi connectivity index (χ3n) is 6.88. The molecule has 0 aliphatic carbocycles. The first kappa shape index (κ1) is 30.6. The van der Waals surface area contributed by atoms with Crippen molar-refractivity contribution in [2.24, 2.45) is 5.92 Å². The van der Waals surface area contributed by atoms with Crippen molar-refractivity contribution in [1.29, 1.82) is 0 Å². The molecule has 16 nitrogen and oxygen atoms in total. The first-order valence-corrected chi connectivity index (χ1v) is 11.9. The summed E-state index contributed by atoms with van der Waals surface area (Å²) in [6.07, 6.45) is -10.1. The molecule has 4 rings (SSSR count). The maximum Gasteiger partial charge on any atom is 0.334 e. The van der Waals surface area contributed by atoms with Gasteiger partial charge in [0.05, 0.1) is 38.4 Å². The molecule has 0 aromatic carbocycles. The van der Waals surface area contributed by atoms with Crippen LogP contribution in [0.1, 0.15) is 13.3 Å². The van der Waals surface area contributed by atoms with E-state index in [9.17, 15) is 40.2 Å². The van der Waals surface area contributed by atoms with Gasteiger partial charge in [-0.3, -0.25) is 9.69 Å². The van der Waals surface area contributed by atoms with Crippen LogP contribution < -0.4 is 0 Å². The average molecular weight is 554 g/mol. The van der Waals surface area contributed by atoms with Gasteiger partial charge in [0, 0.05) is 13.0 Å². The number of rotatable bonds is 7. The summed E-state index contributed by atoms with van der Waals surface area (Å²) < 4.78 is 26.3. The molecule has 12 atom stereocenters. The van der Waals surface area contributed by atoms with Crippen molar-refractivity contribution in [3.8, 4) is 0 Å². The second-order valence-corrected chi connectivity index (χ2v) is 9.22. The first-order valence-electron chi connectivity index (χ1n) is 11.9. The van der Waals surface area contributed by atoms with Crippen molar-refractivity contribution in [2.75, 3.05) is 26.9 Å². The number of aliphatic hydroxyl groups is 7. The number of methoxy groups -OCH3 is 1. The molecule has 0 radical (unpaired) electrons. The van der Waals surface area contributed by atoms with E-state index in [-0.39, 0.29) is 24.7 Å². The summed E-state index contributed by atoms with van der Waals surface area (Å²) in [5, 5.41) is 76.5. The normalized spacial score (nSPS) is 43.6. The Hall–Kier alpha value is -1.96. The molecule has 0 spiro atoms. The van der Waals surface area contributed by atoms with E-state index in [0.29, 0.717) is 0 Å². The summed E-state index contributed by atoms with van der Waals surface area (Å²) in [6.45, 7) is 0.368. The van der Waals surface area contributed by atoms with Crippen LogP contribution in [-0.2, 0) is 33.3 Å². The van der Waals surface area contributed by atoms with E-state index in [4.69, 9.17) is 33.9 Å². The van der Waals surface area contributed by atoms with E-state index >= 15 is 0 Å². The Morgan fingerprint density at radius 3 is 2.13 bits per heavy atom. The van der Waals surface area contributed by atoms with Crippen molar-refractivity contribution < 1.29 is 74.1 Å². The molecule has 8 N–H and O–H groups in total. The number of fused-ring (bicyclic) bond motifs is 1. The summed E-state index contributed by atoms with van der Waals surface area (Å²) in [6, 6.07) is -1.06. The standard InChI is InChI=1S/C14H26O10.C8H9NO5/c1-5-6(3-15)22-14(10(19)8(5)17)24-12-7(4-16)23-13(21-2)11(20)9(12)18;10-2-1-4-7(8(12)13)9-5(11)3-6(9)14-4/h5-20H,3-4H2,1-2H3;1,6-7,10H,2-3H2,(H,12,13)/b;4-1-/t5-,6?,7+,8+,9?,10?,11?,12-,13-,14+;6-,7-/m11/s1. The number of hydrogen-bond acceptors (Lipinski definition) is 14. The molecule has 0 saturated carbocycles. The fraction of sp³-hybridized carbons (Fsp3) is 0.818. The number of β-lactam (4-membered cyclic amide) rings is 1. The van der Waals surface area contributed by atoms with Crippen molar-refractivity contribution >= 4 is 11.9 Å². The lowest BCUT2D eigenvalue weighted by atomic mass is 9.91. The predicted octanol–water partition coefficient (Wildman–Crippen LogP) is -4.56. The second-order valence-electron chi connectivity index (χ2n) is 9.22. The van der Waals surface area contributed by atoms with Crippen LogP contribution in [0.3, 0.4) is 0 Å². The Kier molecular flexibility index (Phi) is 10.4. The minimum absolute atomic E-state index is 0.149. The van der Waals surface area contributed by atoms with E-state index < -0.39 is 92.7 Å². The summed E-state index contributed by atoms with van der Waals surface area (Å²) in [5.74, 6) is -1.76. The van der Waals surface area contributed by atoms with E-state index in [2.05, 4.69) is 0 Å². The highest BCUT2D eigenvalue weighted by molar-refractivity contribution is 5.91. The van der Waals surface area contributed by atoms with Crippen molar-refractivity contribution in [1.82, 2.24) is 4.90 Å². The van der Waals surface area contributed by atoms with Gasteiger partial charge in [-0.15, -0.1) is 0 Å². The molecule has 0 aromatic rings. The smallest absolute Gasteiger partial charge is 0.334 e. The predicted molar refractivity (Wildman–Crippen MR) is 119 cm³/mol. The van der Waals surface area contributed by atoms with Gasteiger partial charge in [0.25, 0.3) is 0 Å². The molecular weight excluding hydrogens is 518 g/mol. The lowest BCUT2D eigenvalue weighted by Gasteiger charge is -2.46. The third-order valence-corrected chi connectivity index (χ3v) is 6.88. The van der Waals surface area contributed by atoms with Gasteiger partial charge in [-0.25, -0.2) is 4.79 Å². The molecule has 4 aliphatic rings. The number of carbonyl (C=O) groups is 2. The summed E-state index contributed by atoms with van der Waals surface area (Å²) in [7, 11) is 1.27. The maximum atomic E-state index is 11.1. The fourth-order valence-electron chi connectivity index (χ4n) is 4.62. The Bertz CT molecular complexity index is 853. The van der Waals surface area contributed by atoms with Gasteiger partial charge in [-0.2, -0.15) is 0 Å². The Labute approximate surface area is 217 Å². The number of ether oxygens (including phenoxy) is 5. The quantitative estimate of drug-likeness (QED) is 0.138. The fourth-order valence-corrected chi connectivity index (χ4v) is 4.62. The Balaban J connectivity index is 0.000000241. The molecular formula is C22H35NO15. The van der Waals surface area contributed by atoms with Crippen LogP contribution in [0.25, 0.3) is 0 Å². The zero-order valence-electron chi connectivity index (χ0n) is 20.7. The van der Waals surface area contributed by atoms with Gasteiger partial charge in [0.15, 0.2) is 24.8 Å². The number of carboxylic acids is 1. The monoisotopic (exact) mass is 553 g/mol. The maximum absolute atomic E-state index is 11.1. The van der Waals surface area contributed by atoms with E-state index in [1.165, 1.54) is 18.1 Å². The van der Waals surface area contributed by atoms with Crippen molar-refractivity contribution in [2.45, 2.75) is 80.9 Å². The zero-order valence-corrected chi connectivity index (χ0v) is 20.7. The van der Waals surface area contributed by atoms with Gasteiger partial charge in [-0.05, 0) is 6.08 Å². The number of hydrogen-bond donors (Lipinski definition) is 8. The Morgan fingerprint density at radius 1 is 1.00 bits per heavy atom. The minimum Gasteiger partial charge on any atom is -0.479 e. The van der Waals surface area contributed by atoms with Crippen LogP contribution in [0.5, 0.6) is 0 Å². The molecule has 1 amide bonds. The lowest BCUT2D eigenvalue weighted by Crippen LogP contribution is -2.63. The van der Waals surface area contributed by atoms with Gasteiger partial charge in [0.2, 0.25) is 5.91 Å². The highest BCUT2D eigenvalue weighted by atomic mass is 16.7. The second kappa shape index (κ2) is 12.9. The van der Waals surface area contributed by atoms with E-state index in [1.54, 1.807) is 6.92 Å². The van der Waals surface area contributed by atoms with Crippen LogP contribution in [0, 0.1) is 5.92 Å².